The second kappa shape index (κ2) is 12.7. The molecule has 0 radical (unpaired) electrons. The van der Waals surface area contributed by atoms with Crippen molar-refractivity contribution in [3.05, 3.63) is 192 Å². The van der Waals surface area contributed by atoms with E-state index in [1.807, 2.05) is 0 Å². The Kier molecular flexibility index (Phi) is 7.42. The fraction of sp³-hybridized carbons (Fsp3) is 0.0816. The first-order valence-corrected chi connectivity index (χ1v) is 18.2. The average molecular weight is 669 g/mol. The third-order valence-corrected chi connectivity index (χ3v) is 10.7. The summed E-state index contributed by atoms with van der Waals surface area (Å²) in [5, 5.41) is 4.83. The topological polar surface area (TPSA) is 28.7 Å². The molecule has 0 fully saturated rings. The van der Waals surface area contributed by atoms with Gasteiger partial charge in [0, 0.05) is 41.0 Å². The van der Waals surface area contributed by atoms with Gasteiger partial charge < -0.3 is 9.32 Å². The lowest BCUT2D eigenvalue weighted by molar-refractivity contribution is 0.668. The Labute approximate surface area is 303 Å². The molecule has 1 aliphatic heterocycles. The monoisotopic (exact) mass is 668 g/mol. The minimum atomic E-state index is 0.252. The minimum absolute atomic E-state index is 0.252. The van der Waals surface area contributed by atoms with Crippen molar-refractivity contribution in [3.8, 4) is 22.3 Å². The second-order valence-corrected chi connectivity index (χ2v) is 13.7. The van der Waals surface area contributed by atoms with Gasteiger partial charge >= 0.3 is 0 Å². The summed E-state index contributed by atoms with van der Waals surface area (Å²) in [6.45, 7) is 0.783. The van der Waals surface area contributed by atoms with Crippen molar-refractivity contribution in [3.63, 3.8) is 0 Å². The summed E-state index contributed by atoms with van der Waals surface area (Å²) in [5.41, 5.74) is 13.9. The lowest BCUT2D eigenvalue weighted by atomic mass is 9.85. The van der Waals surface area contributed by atoms with Gasteiger partial charge in [0.1, 0.15) is 11.2 Å². The first kappa shape index (κ1) is 30.4. The van der Waals surface area contributed by atoms with Gasteiger partial charge in [0.2, 0.25) is 0 Å². The van der Waals surface area contributed by atoms with E-state index in [1.165, 1.54) is 44.2 Å². The summed E-state index contributed by atoms with van der Waals surface area (Å²) in [7, 11) is 0. The zero-order chi connectivity index (χ0) is 34.4. The Hall–Kier alpha value is -6.45. The van der Waals surface area contributed by atoms with Crippen molar-refractivity contribution >= 4 is 50.3 Å². The van der Waals surface area contributed by atoms with E-state index < -0.39 is 0 Å². The molecule has 1 aliphatic carbocycles. The van der Waals surface area contributed by atoms with Crippen LogP contribution in [-0.4, -0.2) is 12.8 Å². The molecule has 0 N–H and O–H groups in total. The van der Waals surface area contributed by atoms with Crippen LogP contribution in [0.1, 0.15) is 29.0 Å². The van der Waals surface area contributed by atoms with E-state index in [9.17, 15) is 0 Å². The quantitative estimate of drug-likeness (QED) is 0.176. The molecular formula is C49H36N2O. The van der Waals surface area contributed by atoms with E-state index in [1.54, 1.807) is 0 Å². The molecule has 1 unspecified atom stereocenters. The summed E-state index contributed by atoms with van der Waals surface area (Å²) in [5.74, 6) is 0.252. The first-order chi connectivity index (χ1) is 25.8. The van der Waals surface area contributed by atoms with Gasteiger partial charge in [0.05, 0.1) is 11.1 Å². The second-order valence-electron chi connectivity index (χ2n) is 13.7. The molecule has 1 aromatic heterocycles. The Bertz CT molecular complexity index is 2700. The highest BCUT2D eigenvalue weighted by atomic mass is 16.3. The van der Waals surface area contributed by atoms with Crippen LogP contribution in [0.4, 0.5) is 11.4 Å². The smallest absolute Gasteiger partial charge is 0.137 e. The Balaban J connectivity index is 1.12. The number of nitrogens with zero attached hydrogens (tertiary/aromatic N) is 2. The van der Waals surface area contributed by atoms with E-state index in [-0.39, 0.29) is 5.92 Å². The number of para-hydroxylation sites is 1. The molecule has 3 heteroatoms. The first-order valence-electron chi connectivity index (χ1n) is 18.2. The minimum Gasteiger partial charge on any atom is -0.456 e. The van der Waals surface area contributed by atoms with E-state index in [2.05, 4.69) is 181 Å². The van der Waals surface area contributed by atoms with Gasteiger partial charge in [-0.05, 0) is 87.3 Å². The molecular weight excluding hydrogens is 633 g/mol. The van der Waals surface area contributed by atoms with Crippen LogP contribution in [0.5, 0.6) is 0 Å². The fourth-order valence-electron chi connectivity index (χ4n) is 8.22. The average Bonchev–Trinajstić information content (AvgIpc) is 3.59. The van der Waals surface area contributed by atoms with Gasteiger partial charge in [0.15, 0.2) is 0 Å². The van der Waals surface area contributed by atoms with Crippen LogP contribution in [0.25, 0.3) is 55.0 Å². The van der Waals surface area contributed by atoms with E-state index in [0.29, 0.717) is 0 Å². The molecule has 0 saturated heterocycles. The number of allylic oxidation sites excluding steroid dienone is 3. The summed E-state index contributed by atoms with van der Waals surface area (Å²) >= 11 is 0. The number of hydrogen-bond donors (Lipinski definition) is 0. The maximum Gasteiger partial charge on any atom is 0.137 e. The van der Waals surface area contributed by atoms with Gasteiger partial charge in [-0.15, -0.1) is 0 Å². The zero-order valence-electron chi connectivity index (χ0n) is 28.7. The third-order valence-electron chi connectivity index (χ3n) is 10.7. The normalized spacial score (nSPS) is 15.2. The van der Waals surface area contributed by atoms with Gasteiger partial charge in [-0.2, -0.15) is 0 Å². The molecule has 0 bridgehead atoms. The predicted octanol–water partition coefficient (Wildman–Crippen LogP) is 12.8. The number of fused-ring (bicyclic) bond motifs is 5. The van der Waals surface area contributed by atoms with Gasteiger partial charge in [0.25, 0.3) is 0 Å². The predicted molar refractivity (Wildman–Crippen MR) is 218 cm³/mol. The van der Waals surface area contributed by atoms with Crippen LogP contribution >= 0.6 is 0 Å². The van der Waals surface area contributed by atoms with Crippen LogP contribution in [0.3, 0.4) is 0 Å². The van der Waals surface area contributed by atoms with Crippen molar-refractivity contribution in [2.75, 3.05) is 11.4 Å². The summed E-state index contributed by atoms with van der Waals surface area (Å²) in [6, 6.07) is 54.4. The molecule has 0 saturated carbocycles. The molecule has 10 rings (SSSR count). The molecule has 7 aromatic carbocycles. The number of aliphatic imine (C=N–C) groups is 1. The molecule has 248 valence electrons. The van der Waals surface area contributed by atoms with E-state index in [0.717, 1.165) is 64.0 Å². The summed E-state index contributed by atoms with van der Waals surface area (Å²) < 4.78 is 6.56. The molecule has 2 aliphatic rings. The molecule has 1 atom stereocenters. The maximum absolute atomic E-state index is 6.56. The molecule has 52 heavy (non-hydrogen) atoms. The molecule has 0 amide bonds. The van der Waals surface area contributed by atoms with Crippen LogP contribution in [0.2, 0.25) is 0 Å². The number of furan rings is 1. The van der Waals surface area contributed by atoms with Crippen molar-refractivity contribution < 1.29 is 4.42 Å². The Morgan fingerprint density at radius 2 is 1.31 bits per heavy atom. The largest absolute Gasteiger partial charge is 0.456 e. The van der Waals surface area contributed by atoms with Crippen LogP contribution in [-0.2, 0) is 6.42 Å². The van der Waals surface area contributed by atoms with E-state index in [4.69, 9.17) is 9.41 Å². The Morgan fingerprint density at radius 1 is 0.615 bits per heavy atom. The molecule has 3 nitrogen and oxygen atoms in total. The van der Waals surface area contributed by atoms with Crippen molar-refractivity contribution in [1.82, 2.24) is 0 Å². The molecule has 8 aromatic rings. The van der Waals surface area contributed by atoms with E-state index >= 15 is 0 Å². The summed E-state index contributed by atoms with van der Waals surface area (Å²) in [4.78, 5) is 7.26. The lowest BCUT2D eigenvalue weighted by Crippen LogP contribution is -2.20. The van der Waals surface area contributed by atoms with Gasteiger partial charge in [-0.25, -0.2) is 0 Å². The number of hydrogen-bond acceptors (Lipinski definition) is 3. The standard InChI is InChI=1S/C49H36N2O/c1-3-11-33(12-4-1)34-19-23-38(24-20-34)51(49-45-32-50-30-29-37(45)31-47-48(49)44-17-9-10-18-46(44)52-47)39-25-21-36(22-26-39)41-28-27-40(35-13-5-2-6-14-35)42-15-7-8-16-43(41)42/h1-21,23-28,31-32,36H,22,29-30H2. The third kappa shape index (κ3) is 5.17. The number of benzene rings is 7. The Morgan fingerprint density at radius 3 is 2.08 bits per heavy atom. The van der Waals surface area contributed by atoms with Gasteiger partial charge in [-0.3, -0.25) is 4.99 Å². The van der Waals surface area contributed by atoms with Crippen molar-refractivity contribution in [2.24, 2.45) is 4.99 Å². The maximum atomic E-state index is 6.56. The molecule has 2 heterocycles. The zero-order valence-corrected chi connectivity index (χ0v) is 28.7. The van der Waals surface area contributed by atoms with Crippen LogP contribution < -0.4 is 4.90 Å². The fourth-order valence-corrected chi connectivity index (χ4v) is 8.22. The number of rotatable bonds is 6. The molecule has 0 spiro atoms. The highest BCUT2D eigenvalue weighted by Crippen LogP contribution is 2.46. The highest BCUT2D eigenvalue weighted by Gasteiger charge is 2.27. The lowest BCUT2D eigenvalue weighted by Gasteiger charge is -2.32. The summed E-state index contributed by atoms with van der Waals surface area (Å²) in [6.07, 6.45) is 11.0. The highest BCUT2D eigenvalue weighted by molar-refractivity contribution is 6.17. The van der Waals surface area contributed by atoms with Crippen molar-refractivity contribution in [1.29, 1.82) is 0 Å². The number of anilines is 2. The van der Waals surface area contributed by atoms with Crippen molar-refractivity contribution in [2.45, 2.75) is 18.8 Å². The van der Waals surface area contributed by atoms with Gasteiger partial charge in [-0.1, -0.05) is 140 Å². The SMILES string of the molecule is C1=CC(c2ccc(-c3ccccc3)c3ccccc23)CC=C1N(c1ccc(-c2ccccc2)cc1)c1c2c(cc3oc4ccccc4c13)CCN=C2. The van der Waals surface area contributed by atoms with Crippen LogP contribution in [0.15, 0.2) is 185 Å². The van der Waals surface area contributed by atoms with Crippen LogP contribution in [0, 0.1) is 0 Å².